The molecule has 7 nitrogen and oxygen atoms in total. The van der Waals surface area contributed by atoms with E-state index in [0.717, 1.165) is 28.6 Å². The second-order valence-corrected chi connectivity index (χ2v) is 10.5. The maximum atomic E-state index is 12.5. The second-order valence-electron chi connectivity index (χ2n) is 6.91. The molecular formula is C19H27ClN4O3S2. The van der Waals surface area contributed by atoms with Crippen molar-refractivity contribution in [1.29, 1.82) is 0 Å². The molecule has 0 radical (unpaired) electrons. The molecule has 0 unspecified atom stereocenters. The van der Waals surface area contributed by atoms with Crippen LogP contribution in [0, 0.1) is 0 Å². The first kappa shape index (κ1) is 23.7. The number of benzene rings is 1. The molecule has 1 heterocycles. The first-order valence-corrected chi connectivity index (χ1v) is 12.2. The summed E-state index contributed by atoms with van der Waals surface area (Å²) in [5.74, 6) is -0.459. The predicted octanol–water partition coefficient (Wildman–Crippen LogP) is 4.60. The molecule has 1 aromatic heterocycles. The molecule has 0 aliphatic carbocycles. The van der Waals surface area contributed by atoms with Crippen molar-refractivity contribution in [3.05, 3.63) is 33.8 Å². The van der Waals surface area contributed by atoms with Crippen LogP contribution in [0.4, 0.5) is 5.13 Å². The highest BCUT2D eigenvalue weighted by Gasteiger charge is 2.22. The predicted molar refractivity (Wildman–Crippen MR) is 117 cm³/mol. The van der Waals surface area contributed by atoms with Gasteiger partial charge in [0.05, 0.1) is 5.02 Å². The lowest BCUT2D eigenvalue weighted by Gasteiger charge is -2.13. The smallest absolute Gasteiger partial charge is 0.257 e. The number of carbonyl (C=O) groups excluding carboxylic acids is 1. The van der Waals surface area contributed by atoms with Crippen molar-refractivity contribution in [2.24, 2.45) is 0 Å². The summed E-state index contributed by atoms with van der Waals surface area (Å²) >= 11 is 7.36. The van der Waals surface area contributed by atoms with Gasteiger partial charge in [0.1, 0.15) is 9.90 Å². The molecule has 0 fully saturated rings. The molecule has 0 spiro atoms. The van der Waals surface area contributed by atoms with E-state index in [0.29, 0.717) is 5.13 Å². The van der Waals surface area contributed by atoms with E-state index in [-0.39, 0.29) is 15.5 Å². The van der Waals surface area contributed by atoms with Gasteiger partial charge in [0.25, 0.3) is 5.91 Å². The van der Waals surface area contributed by atoms with Gasteiger partial charge in [0.2, 0.25) is 15.2 Å². The number of unbranched alkanes of at least 4 members (excludes halogenated alkanes) is 5. The normalized spacial score (nSPS) is 11.8. The fourth-order valence-electron chi connectivity index (χ4n) is 2.67. The van der Waals surface area contributed by atoms with Crippen LogP contribution < -0.4 is 5.32 Å². The minimum Gasteiger partial charge on any atom is -0.296 e. The number of carbonyl (C=O) groups is 1. The third kappa shape index (κ3) is 6.74. The molecule has 0 aliphatic heterocycles. The zero-order valence-electron chi connectivity index (χ0n) is 16.9. The van der Waals surface area contributed by atoms with Crippen molar-refractivity contribution in [1.82, 2.24) is 14.5 Å². The van der Waals surface area contributed by atoms with E-state index < -0.39 is 15.9 Å². The van der Waals surface area contributed by atoms with E-state index in [1.165, 1.54) is 69.3 Å². The van der Waals surface area contributed by atoms with Gasteiger partial charge in [-0.15, -0.1) is 10.2 Å². The molecule has 1 N–H and O–H groups in total. The molecule has 1 amide bonds. The third-order valence-corrected chi connectivity index (χ3v) is 7.58. The van der Waals surface area contributed by atoms with Gasteiger partial charge >= 0.3 is 0 Å². The van der Waals surface area contributed by atoms with Crippen LogP contribution in [0.2, 0.25) is 5.02 Å². The highest BCUT2D eigenvalue weighted by molar-refractivity contribution is 7.89. The van der Waals surface area contributed by atoms with Crippen LogP contribution >= 0.6 is 22.9 Å². The number of sulfonamides is 1. The molecule has 2 aromatic rings. The number of aromatic nitrogens is 2. The summed E-state index contributed by atoms with van der Waals surface area (Å²) in [6, 6.07) is 4.15. The van der Waals surface area contributed by atoms with Crippen molar-refractivity contribution in [3.8, 4) is 0 Å². The minimum absolute atomic E-state index is 0.0624. The molecule has 1 aromatic carbocycles. The van der Waals surface area contributed by atoms with Crippen molar-refractivity contribution in [2.75, 3.05) is 19.4 Å². The van der Waals surface area contributed by atoms with Gasteiger partial charge in [-0.2, -0.15) is 0 Å². The van der Waals surface area contributed by atoms with Crippen LogP contribution in [0.5, 0.6) is 0 Å². The monoisotopic (exact) mass is 458 g/mol. The summed E-state index contributed by atoms with van der Waals surface area (Å²) in [5.41, 5.74) is 0.183. The Balaban J connectivity index is 1.98. The maximum absolute atomic E-state index is 12.5. The number of nitrogens with zero attached hydrogens (tertiary/aromatic N) is 3. The quantitative estimate of drug-likeness (QED) is 0.497. The summed E-state index contributed by atoms with van der Waals surface area (Å²) in [5, 5.41) is 12.1. The molecule has 0 saturated carbocycles. The van der Waals surface area contributed by atoms with Crippen LogP contribution in [0.25, 0.3) is 0 Å². The number of halogens is 1. The fraction of sp³-hybridized carbons (Fsp3) is 0.526. The maximum Gasteiger partial charge on any atom is 0.257 e. The molecule has 0 saturated heterocycles. The van der Waals surface area contributed by atoms with Gasteiger partial charge in [-0.05, 0) is 24.6 Å². The van der Waals surface area contributed by atoms with Crippen molar-refractivity contribution in [2.45, 2.75) is 56.8 Å². The number of hydrogen-bond donors (Lipinski definition) is 1. The number of hydrogen-bond acceptors (Lipinski definition) is 6. The van der Waals surface area contributed by atoms with E-state index in [4.69, 9.17) is 11.6 Å². The number of amides is 1. The van der Waals surface area contributed by atoms with Crippen LogP contribution in [0.15, 0.2) is 23.1 Å². The molecule has 29 heavy (non-hydrogen) atoms. The fourth-order valence-corrected chi connectivity index (χ4v) is 4.84. The Labute approximate surface area is 181 Å². The lowest BCUT2D eigenvalue weighted by Crippen LogP contribution is -2.23. The number of rotatable bonds is 11. The molecule has 0 bridgehead atoms. The first-order valence-electron chi connectivity index (χ1n) is 9.61. The lowest BCUT2D eigenvalue weighted by molar-refractivity contribution is 0.102. The molecule has 2 rings (SSSR count). The Bertz CT molecular complexity index is 929. The Morgan fingerprint density at radius 2 is 1.83 bits per heavy atom. The SMILES string of the molecule is CCCCCCCCc1nnc(NC(=O)c2ccc(Cl)c(S(=O)(=O)N(C)C)c2)s1. The van der Waals surface area contributed by atoms with Gasteiger partial charge in [-0.25, -0.2) is 12.7 Å². The minimum atomic E-state index is -3.76. The van der Waals surface area contributed by atoms with Gasteiger partial charge in [0.15, 0.2) is 0 Å². The number of anilines is 1. The Hall–Kier alpha value is -1.55. The topological polar surface area (TPSA) is 92.3 Å². The molecule has 160 valence electrons. The van der Waals surface area contributed by atoms with Gasteiger partial charge in [-0.3, -0.25) is 10.1 Å². The van der Waals surface area contributed by atoms with Gasteiger partial charge < -0.3 is 0 Å². The average molecular weight is 459 g/mol. The molecule has 10 heteroatoms. The summed E-state index contributed by atoms with van der Waals surface area (Å²) in [6.07, 6.45) is 8.05. The summed E-state index contributed by atoms with van der Waals surface area (Å²) in [4.78, 5) is 12.4. The molecular weight excluding hydrogens is 432 g/mol. The van der Waals surface area contributed by atoms with Crippen molar-refractivity contribution >= 4 is 44.0 Å². The van der Waals surface area contributed by atoms with Gasteiger partial charge in [0, 0.05) is 26.1 Å². The highest BCUT2D eigenvalue weighted by Crippen LogP contribution is 2.26. The summed E-state index contributed by atoms with van der Waals surface area (Å²) in [7, 11) is -0.940. The summed E-state index contributed by atoms with van der Waals surface area (Å²) in [6.45, 7) is 2.20. The highest BCUT2D eigenvalue weighted by atomic mass is 35.5. The number of nitrogens with one attached hydrogen (secondary N) is 1. The first-order chi connectivity index (χ1) is 13.8. The largest absolute Gasteiger partial charge is 0.296 e. The standard InChI is InChI=1S/C19H27ClN4O3S2/c1-4-5-6-7-8-9-10-17-22-23-19(28-17)21-18(25)14-11-12-15(20)16(13-14)29(26,27)24(2)3/h11-13H,4-10H2,1-3H3,(H,21,23,25). The van der Waals surface area contributed by atoms with Crippen molar-refractivity contribution in [3.63, 3.8) is 0 Å². The second kappa shape index (κ2) is 11.0. The van der Waals surface area contributed by atoms with E-state index in [1.54, 1.807) is 0 Å². The van der Waals surface area contributed by atoms with E-state index in [9.17, 15) is 13.2 Å². The summed E-state index contributed by atoms with van der Waals surface area (Å²) < 4.78 is 25.8. The van der Waals surface area contributed by atoms with Crippen LogP contribution in [-0.2, 0) is 16.4 Å². The van der Waals surface area contributed by atoms with Crippen molar-refractivity contribution < 1.29 is 13.2 Å². The molecule has 0 aliphatic rings. The van der Waals surface area contributed by atoms with Crippen LogP contribution in [0.3, 0.4) is 0 Å². The Kier molecular flexibility index (Phi) is 9.01. The average Bonchev–Trinajstić information content (AvgIpc) is 3.11. The Morgan fingerprint density at radius 3 is 2.52 bits per heavy atom. The zero-order valence-corrected chi connectivity index (χ0v) is 19.3. The van der Waals surface area contributed by atoms with E-state index >= 15 is 0 Å². The van der Waals surface area contributed by atoms with Gasteiger partial charge in [-0.1, -0.05) is 62.0 Å². The number of aryl methyl sites for hydroxylation is 1. The third-order valence-electron chi connectivity index (χ3n) is 4.38. The molecule has 0 atom stereocenters. The zero-order chi connectivity index (χ0) is 21.4. The Morgan fingerprint density at radius 1 is 1.14 bits per heavy atom. The lowest BCUT2D eigenvalue weighted by atomic mass is 10.1. The van der Waals surface area contributed by atoms with Crippen LogP contribution in [0.1, 0.15) is 60.8 Å². The van der Waals surface area contributed by atoms with E-state index in [1.807, 2.05) is 0 Å². The van der Waals surface area contributed by atoms with E-state index in [2.05, 4.69) is 22.4 Å². The van der Waals surface area contributed by atoms with Crippen LogP contribution in [-0.4, -0.2) is 42.9 Å².